The zero-order valence-corrected chi connectivity index (χ0v) is 18.1. The maximum Gasteiger partial charge on any atom is 0.207 e. The predicted octanol–water partition coefficient (Wildman–Crippen LogP) is 5.19. The molecule has 0 radical (unpaired) electrons. The molecule has 146 valence electrons. The van der Waals surface area contributed by atoms with Crippen molar-refractivity contribution >= 4 is 40.0 Å². The SMILES string of the molecule is C/C(=C/c1nsc(Nc2ccc(Cl)cc2)n1)NC1CC(C)(C)NC(C)(C)C1. The number of anilines is 2. The molecule has 7 heteroatoms. The van der Waals surface area contributed by atoms with Gasteiger partial charge in [0.2, 0.25) is 5.13 Å². The second kappa shape index (κ2) is 7.78. The van der Waals surface area contributed by atoms with Gasteiger partial charge in [0.05, 0.1) is 0 Å². The summed E-state index contributed by atoms with van der Waals surface area (Å²) in [5, 5.41) is 12.1. The fourth-order valence-corrected chi connectivity index (χ4v) is 4.68. The number of piperidine rings is 1. The van der Waals surface area contributed by atoms with Crippen LogP contribution < -0.4 is 16.0 Å². The highest BCUT2D eigenvalue weighted by Gasteiger charge is 2.37. The van der Waals surface area contributed by atoms with E-state index in [9.17, 15) is 0 Å². The maximum absolute atomic E-state index is 5.92. The minimum absolute atomic E-state index is 0.119. The van der Waals surface area contributed by atoms with E-state index < -0.39 is 0 Å². The topological polar surface area (TPSA) is 61.9 Å². The summed E-state index contributed by atoms with van der Waals surface area (Å²) in [7, 11) is 0. The van der Waals surface area contributed by atoms with Gasteiger partial charge in [-0.15, -0.1) is 0 Å². The molecule has 1 aliphatic rings. The molecule has 0 saturated carbocycles. The van der Waals surface area contributed by atoms with E-state index >= 15 is 0 Å². The first-order valence-electron chi connectivity index (χ1n) is 9.21. The van der Waals surface area contributed by atoms with Crippen molar-refractivity contribution in [3.8, 4) is 0 Å². The van der Waals surface area contributed by atoms with Crippen LogP contribution in [0.2, 0.25) is 5.02 Å². The predicted molar refractivity (Wildman–Crippen MR) is 116 cm³/mol. The largest absolute Gasteiger partial charge is 0.386 e. The number of hydrogen-bond acceptors (Lipinski definition) is 6. The summed E-state index contributed by atoms with van der Waals surface area (Å²) in [4.78, 5) is 4.55. The zero-order valence-electron chi connectivity index (χ0n) is 16.6. The molecule has 0 spiro atoms. The molecule has 0 bridgehead atoms. The van der Waals surface area contributed by atoms with Crippen molar-refractivity contribution in [3.05, 3.63) is 40.8 Å². The van der Waals surface area contributed by atoms with Crippen molar-refractivity contribution in [2.45, 2.75) is 64.6 Å². The number of allylic oxidation sites excluding steroid dienone is 1. The molecule has 0 atom stereocenters. The van der Waals surface area contributed by atoms with Crippen LogP contribution in [0.3, 0.4) is 0 Å². The number of halogens is 1. The Labute approximate surface area is 170 Å². The molecule has 2 aromatic rings. The van der Waals surface area contributed by atoms with E-state index in [1.54, 1.807) is 0 Å². The van der Waals surface area contributed by atoms with Crippen molar-refractivity contribution in [1.82, 2.24) is 20.0 Å². The molecule has 0 aliphatic carbocycles. The lowest BCUT2D eigenvalue weighted by Gasteiger charge is -2.47. The van der Waals surface area contributed by atoms with Gasteiger partial charge in [0.1, 0.15) is 0 Å². The number of nitrogens with zero attached hydrogens (tertiary/aromatic N) is 2. The van der Waals surface area contributed by atoms with Crippen LogP contribution in [0.25, 0.3) is 6.08 Å². The molecule has 3 N–H and O–H groups in total. The third-order valence-corrected chi connectivity index (χ3v) is 5.40. The third kappa shape index (κ3) is 5.92. The molecule has 5 nitrogen and oxygen atoms in total. The van der Waals surface area contributed by atoms with Crippen LogP contribution in [0, 0.1) is 0 Å². The van der Waals surface area contributed by atoms with Gasteiger partial charge in [-0.2, -0.15) is 9.36 Å². The number of benzene rings is 1. The molecule has 1 aliphatic heterocycles. The van der Waals surface area contributed by atoms with Gasteiger partial charge in [0.25, 0.3) is 0 Å². The Bertz CT molecular complexity index is 794. The van der Waals surface area contributed by atoms with Gasteiger partial charge in [0, 0.05) is 51.1 Å². The Balaban J connectivity index is 1.63. The molecular formula is C20H28ClN5S. The van der Waals surface area contributed by atoms with Crippen LogP contribution in [0.1, 0.15) is 53.3 Å². The van der Waals surface area contributed by atoms with E-state index in [4.69, 9.17) is 11.6 Å². The van der Waals surface area contributed by atoms with Crippen LogP contribution in [0.5, 0.6) is 0 Å². The average Bonchev–Trinajstić information content (AvgIpc) is 2.93. The minimum atomic E-state index is 0.119. The van der Waals surface area contributed by atoms with Crippen molar-refractivity contribution in [1.29, 1.82) is 0 Å². The summed E-state index contributed by atoms with van der Waals surface area (Å²) in [5.74, 6) is 0.717. The summed E-state index contributed by atoms with van der Waals surface area (Å²) in [6.07, 6.45) is 4.16. The van der Waals surface area contributed by atoms with Crippen molar-refractivity contribution < 1.29 is 0 Å². The second-order valence-corrected chi connectivity index (χ2v) is 9.75. The molecule has 3 rings (SSSR count). The first-order chi connectivity index (χ1) is 12.6. The number of hydrogen-bond donors (Lipinski definition) is 3. The van der Waals surface area contributed by atoms with E-state index in [2.05, 4.69) is 59.9 Å². The van der Waals surface area contributed by atoms with Crippen LogP contribution >= 0.6 is 23.1 Å². The van der Waals surface area contributed by atoms with Crippen LogP contribution in [0.15, 0.2) is 30.0 Å². The normalized spacial score (nSPS) is 19.7. The van der Waals surface area contributed by atoms with Crippen LogP contribution in [-0.4, -0.2) is 26.5 Å². The number of aromatic nitrogens is 2. The van der Waals surface area contributed by atoms with Crippen molar-refractivity contribution in [2.24, 2.45) is 0 Å². The molecule has 1 fully saturated rings. The standard InChI is InChI=1S/C20H28ClN5S/c1-13(22-16-11-19(2,3)26-20(4,5)12-16)10-17-24-18(27-25-17)23-15-8-6-14(21)7-9-15/h6-10,16,22,26H,11-12H2,1-5H3,(H,23,24,25)/b13-10-. The zero-order chi connectivity index (χ0) is 19.7. The molecule has 0 unspecified atom stereocenters. The summed E-state index contributed by atoms with van der Waals surface area (Å²) >= 11 is 7.27. The lowest BCUT2D eigenvalue weighted by molar-refractivity contribution is 0.151. The monoisotopic (exact) mass is 405 g/mol. The van der Waals surface area contributed by atoms with Gasteiger partial charge in [-0.3, -0.25) is 0 Å². The minimum Gasteiger partial charge on any atom is -0.386 e. The van der Waals surface area contributed by atoms with Crippen molar-refractivity contribution in [3.63, 3.8) is 0 Å². The highest BCUT2D eigenvalue weighted by Crippen LogP contribution is 2.29. The summed E-state index contributed by atoms with van der Waals surface area (Å²) in [6, 6.07) is 7.97. The summed E-state index contributed by atoms with van der Waals surface area (Å²) < 4.78 is 4.43. The quantitative estimate of drug-likeness (QED) is 0.638. The number of nitrogens with one attached hydrogen (secondary N) is 3. The van der Waals surface area contributed by atoms with E-state index in [-0.39, 0.29) is 11.1 Å². The smallest absolute Gasteiger partial charge is 0.207 e. The van der Waals surface area contributed by atoms with Gasteiger partial charge in [-0.05, 0) is 71.7 Å². The second-order valence-electron chi connectivity index (χ2n) is 8.56. The van der Waals surface area contributed by atoms with Gasteiger partial charge in [-0.25, -0.2) is 0 Å². The lowest BCUT2D eigenvalue weighted by atomic mass is 9.79. The number of rotatable bonds is 5. The fourth-order valence-electron chi connectivity index (χ4n) is 3.98. The Morgan fingerprint density at radius 1 is 1.19 bits per heavy atom. The van der Waals surface area contributed by atoms with E-state index in [1.165, 1.54) is 11.5 Å². The van der Waals surface area contributed by atoms with E-state index in [0.717, 1.165) is 29.4 Å². The Kier molecular flexibility index (Phi) is 5.79. The lowest BCUT2D eigenvalue weighted by Crippen LogP contribution is -2.61. The maximum atomic E-state index is 5.92. The summed E-state index contributed by atoms with van der Waals surface area (Å²) in [5.41, 5.74) is 2.27. The summed E-state index contributed by atoms with van der Waals surface area (Å²) in [6.45, 7) is 11.1. The average molecular weight is 406 g/mol. The first kappa shape index (κ1) is 20.1. The molecule has 0 amide bonds. The highest BCUT2D eigenvalue weighted by atomic mass is 35.5. The molecule has 1 aromatic carbocycles. The molecule has 2 heterocycles. The molecule has 27 heavy (non-hydrogen) atoms. The van der Waals surface area contributed by atoms with E-state index in [0.29, 0.717) is 16.9 Å². The third-order valence-electron chi connectivity index (χ3n) is 4.50. The van der Waals surface area contributed by atoms with Gasteiger partial charge >= 0.3 is 0 Å². The highest BCUT2D eigenvalue weighted by molar-refractivity contribution is 7.09. The Morgan fingerprint density at radius 2 is 1.81 bits per heavy atom. The first-order valence-corrected chi connectivity index (χ1v) is 10.4. The fraction of sp³-hybridized carbons (Fsp3) is 0.500. The Morgan fingerprint density at radius 3 is 2.44 bits per heavy atom. The molecular weight excluding hydrogens is 378 g/mol. The van der Waals surface area contributed by atoms with Gasteiger partial charge in [0.15, 0.2) is 5.82 Å². The van der Waals surface area contributed by atoms with Crippen LogP contribution in [0.4, 0.5) is 10.8 Å². The van der Waals surface area contributed by atoms with Gasteiger partial charge in [-0.1, -0.05) is 11.6 Å². The van der Waals surface area contributed by atoms with Crippen LogP contribution in [-0.2, 0) is 0 Å². The molecule has 1 saturated heterocycles. The van der Waals surface area contributed by atoms with E-state index in [1.807, 2.05) is 30.3 Å². The Hall–Kier alpha value is -1.63. The van der Waals surface area contributed by atoms with Crippen molar-refractivity contribution in [2.75, 3.05) is 5.32 Å². The van der Waals surface area contributed by atoms with Gasteiger partial charge < -0.3 is 16.0 Å². The molecule has 1 aromatic heterocycles.